The molecule has 382 valence electrons. The van der Waals surface area contributed by atoms with Crippen LogP contribution in [0.5, 0.6) is 11.5 Å². The van der Waals surface area contributed by atoms with Gasteiger partial charge in [-0.15, -0.1) is 0 Å². The maximum atomic E-state index is 14.9. The molecule has 0 radical (unpaired) electrons. The third kappa shape index (κ3) is 13.1. The third-order valence-electron chi connectivity index (χ3n) is 13.1. The fraction of sp³-hybridized carbons (Fsp3) is 0.295. The van der Waals surface area contributed by atoms with Crippen molar-refractivity contribution in [2.75, 3.05) is 13.7 Å². The number of hydrogen-bond donors (Lipinski definition) is 0. The fourth-order valence-corrected chi connectivity index (χ4v) is 9.23. The van der Waals surface area contributed by atoms with Gasteiger partial charge in [0.15, 0.2) is 18.7 Å². The predicted molar refractivity (Wildman–Crippen MR) is 272 cm³/mol. The molecule has 7 aromatic rings. The Morgan fingerprint density at radius 2 is 0.878 bits per heavy atom. The van der Waals surface area contributed by atoms with E-state index in [0.717, 1.165) is 33.4 Å². The Bertz CT molecular complexity index is 2740. The molecule has 3 fully saturated rings. The van der Waals surface area contributed by atoms with Gasteiger partial charge in [0.25, 0.3) is 0 Å². The zero-order valence-electron chi connectivity index (χ0n) is 41.0. The molecular formula is C61H60O13. The van der Waals surface area contributed by atoms with Gasteiger partial charge in [-0.2, -0.15) is 0 Å². The minimum atomic E-state index is -1.39. The van der Waals surface area contributed by atoms with Gasteiger partial charge >= 0.3 is 5.97 Å². The number of hydrogen-bond acceptors (Lipinski definition) is 13. The van der Waals surface area contributed by atoms with E-state index in [9.17, 15) is 4.79 Å². The fourth-order valence-electron chi connectivity index (χ4n) is 9.23. The van der Waals surface area contributed by atoms with Gasteiger partial charge in [-0.3, -0.25) is 0 Å². The van der Waals surface area contributed by atoms with Crippen molar-refractivity contribution in [3.05, 3.63) is 240 Å². The first-order valence-corrected chi connectivity index (χ1v) is 25.0. The molecule has 3 saturated heterocycles. The van der Waals surface area contributed by atoms with Crippen LogP contribution in [0.25, 0.3) is 0 Å². The Hall–Kier alpha value is -6.75. The summed E-state index contributed by atoms with van der Waals surface area (Å²) in [5, 5.41) is 0. The summed E-state index contributed by atoms with van der Waals surface area (Å²) in [6.45, 7) is 0.646. The molecule has 11 atom stereocenters. The van der Waals surface area contributed by atoms with E-state index < -0.39 is 73.7 Å². The summed E-state index contributed by atoms with van der Waals surface area (Å²) in [4.78, 5) is 14.9. The highest BCUT2D eigenvalue weighted by molar-refractivity contribution is 5.76. The molecule has 13 heteroatoms. The molecule has 7 aromatic carbocycles. The minimum absolute atomic E-state index is 0.0157. The molecule has 0 bridgehead atoms. The smallest absolute Gasteiger partial charge is 0.338 e. The summed E-state index contributed by atoms with van der Waals surface area (Å²) >= 11 is 0. The highest BCUT2D eigenvalue weighted by Gasteiger charge is 2.58. The standard InChI is InChI=1S/C61H60O13/c1-63-48-32-34-49(35-33-48)70-60-57(67-39-45-26-14-5-15-27-45)54(51-50(71-60)41-69-59(72-51)47-30-18-7-19-31-47)73-61-56(66-38-44-24-12-4-13-25-44)53(65-37-43-22-10-3-11-23-43)52(64-36-42-20-8-2-9-21-42)55(74-61)58(62)68-40-46-28-16-6-17-29-46/h2-35,50-57,59-61H,36-41H2,1H3/t50-,51+,52-,53-,54+,55+,56-,57-,59?,60-,61-/m1/s1. The summed E-state index contributed by atoms with van der Waals surface area (Å²) in [6.07, 6.45) is -11.3. The van der Waals surface area contributed by atoms with Gasteiger partial charge in [0.05, 0.1) is 40.1 Å². The van der Waals surface area contributed by atoms with Crippen molar-refractivity contribution in [2.24, 2.45) is 0 Å². The number of rotatable bonds is 21. The molecule has 74 heavy (non-hydrogen) atoms. The zero-order valence-corrected chi connectivity index (χ0v) is 41.0. The van der Waals surface area contributed by atoms with Crippen molar-refractivity contribution in [1.29, 1.82) is 0 Å². The summed E-state index contributed by atoms with van der Waals surface area (Å²) < 4.78 is 80.7. The molecule has 0 amide bonds. The SMILES string of the molecule is COc1ccc(O[C@@H]2O[C@@H]3COC(c4ccccc4)O[C@@H]3[C@H](O[C@@H]3O[C@H](C(=O)OCc4ccccc4)[C@H](OCc4ccccc4)[C@@H](OCc4ccccc4)[C@H]3OCc3ccccc3)[C@H]2OCc2ccccc2)cc1. The highest BCUT2D eigenvalue weighted by Crippen LogP contribution is 2.41. The van der Waals surface area contributed by atoms with Crippen LogP contribution in [0.1, 0.15) is 39.7 Å². The lowest BCUT2D eigenvalue weighted by Crippen LogP contribution is -2.68. The Kier molecular flexibility index (Phi) is 17.5. The average molecular weight is 1000 g/mol. The monoisotopic (exact) mass is 1000 g/mol. The maximum absolute atomic E-state index is 14.9. The van der Waals surface area contributed by atoms with Crippen LogP contribution in [0.4, 0.5) is 0 Å². The van der Waals surface area contributed by atoms with Crippen LogP contribution in [0.15, 0.2) is 206 Å². The third-order valence-corrected chi connectivity index (χ3v) is 13.1. The van der Waals surface area contributed by atoms with Gasteiger partial charge in [0, 0.05) is 5.56 Å². The van der Waals surface area contributed by atoms with Gasteiger partial charge in [-0.1, -0.05) is 182 Å². The van der Waals surface area contributed by atoms with Crippen molar-refractivity contribution in [3.63, 3.8) is 0 Å². The van der Waals surface area contributed by atoms with Crippen molar-refractivity contribution in [1.82, 2.24) is 0 Å². The van der Waals surface area contributed by atoms with Crippen molar-refractivity contribution >= 4 is 5.97 Å². The Morgan fingerprint density at radius 1 is 0.446 bits per heavy atom. The molecule has 3 heterocycles. The second-order valence-electron chi connectivity index (χ2n) is 18.2. The Balaban J connectivity index is 1.07. The number of carbonyl (C=O) groups is 1. The van der Waals surface area contributed by atoms with Crippen LogP contribution >= 0.6 is 0 Å². The summed E-state index contributed by atoms with van der Waals surface area (Å²) in [7, 11) is 1.61. The Labute approximate surface area is 431 Å². The Morgan fingerprint density at radius 3 is 1.38 bits per heavy atom. The number of ether oxygens (including phenoxy) is 12. The van der Waals surface area contributed by atoms with Crippen LogP contribution in [-0.2, 0) is 85.2 Å². The normalized spacial score (nSPS) is 25.6. The lowest BCUT2D eigenvalue weighted by molar-refractivity contribution is -0.392. The van der Waals surface area contributed by atoms with Gasteiger partial charge < -0.3 is 56.8 Å². The highest BCUT2D eigenvalue weighted by atomic mass is 16.8. The van der Waals surface area contributed by atoms with Crippen molar-refractivity contribution in [3.8, 4) is 11.5 Å². The van der Waals surface area contributed by atoms with E-state index in [1.807, 2.05) is 182 Å². The molecule has 0 spiro atoms. The maximum Gasteiger partial charge on any atom is 0.338 e. The van der Waals surface area contributed by atoms with Crippen LogP contribution < -0.4 is 9.47 Å². The van der Waals surface area contributed by atoms with E-state index in [0.29, 0.717) is 11.5 Å². The van der Waals surface area contributed by atoms with Gasteiger partial charge in [0.1, 0.15) is 60.8 Å². The molecule has 3 aliphatic rings. The van der Waals surface area contributed by atoms with Crippen LogP contribution in [0.3, 0.4) is 0 Å². The lowest BCUT2D eigenvalue weighted by atomic mass is 9.95. The van der Waals surface area contributed by atoms with E-state index >= 15 is 0 Å². The molecule has 0 saturated carbocycles. The van der Waals surface area contributed by atoms with Crippen LogP contribution in [0.2, 0.25) is 0 Å². The van der Waals surface area contributed by atoms with E-state index in [-0.39, 0.29) is 39.6 Å². The second-order valence-corrected chi connectivity index (χ2v) is 18.2. The quantitative estimate of drug-likeness (QED) is 0.0635. The van der Waals surface area contributed by atoms with Crippen molar-refractivity contribution < 1.29 is 61.6 Å². The van der Waals surface area contributed by atoms with E-state index in [2.05, 4.69) is 0 Å². The van der Waals surface area contributed by atoms with E-state index in [4.69, 9.17) is 56.8 Å². The number of methoxy groups -OCH3 is 1. The molecule has 13 nitrogen and oxygen atoms in total. The summed E-state index contributed by atoms with van der Waals surface area (Å²) in [5.74, 6) is 0.474. The van der Waals surface area contributed by atoms with E-state index in [1.165, 1.54) is 0 Å². The molecule has 10 rings (SSSR count). The first kappa shape index (κ1) is 50.8. The lowest BCUT2D eigenvalue weighted by Gasteiger charge is -2.51. The summed E-state index contributed by atoms with van der Waals surface area (Å²) in [5.41, 5.74) is 5.16. The van der Waals surface area contributed by atoms with Gasteiger partial charge in [-0.05, 0) is 52.1 Å². The van der Waals surface area contributed by atoms with Crippen molar-refractivity contribution in [2.45, 2.75) is 101 Å². The van der Waals surface area contributed by atoms with Crippen LogP contribution in [0, 0.1) is 0 Å². The number of carbonyl (C=O) groups excluding carboxylic acids is 1. The number of esters is 1. The topological polar surface area (TPSA) is 128 Å². The number of fused-ring (bicyclic) bond motifs is 1. The molecule has 1 unspecified atom stereocenters. The minimum Gasteiger partial charge on any atom is -0.497 e. The molecular weight excluding hydrogens is 941 g/mol. The van der Waals surface area contributed by atoms with E-state index in [1.54, 1.807) is 31.4 Å². The molecule has 0 aliphatic carbocycles. The largest absolute Gasteiger partial charge is 0.497 e. The van der Waals surface area contributed by atoms with Gasteiger partial charge in [0.2, 0.25) is 6.29 Å². The molecule has 3 aliphatic heterocycles. The van der Waals surface area contributed by atoms with Crippen LogP contribution in [-0.4, -0.2) is 81.1 Å². The second kappa shape index (κ2) is 25.5. The molecule has 0 N–H and O–H groups in total. The molecule has 0 aromatic heterocycles. The van der Waals surface area contributed by atoms with Gasteiger partial charge in [-0.25, -0.2) is 4.79 Å². The number of benzene rings is 7. The predicted octanol–water partition coefficient (Wildman–Crippen LogP) is 10.1. The summed E-state index contributed by atoms with van der Waals surface area (Å²) in [6, 6.07) is 65.5. The first-order valence-electron chi connectivity index (χ1n) is 25.0. The average Bonchev–Trinajstić information content (AvgIpc) is 3.46. The zero-order chi connectivity index (χ0) is 50.3. The first-order chi connectivity index (χ1) is 36.5.